The second kappa shape index (κ2) is 7.59. The zero-order chi connectivity index (χ0) is 17.9. The second-order valence-corrected chi connectivity index (χ2v) is 13.3. The van der Waals surface area contributed by atoms with E-state index < -0.39 is 8.07 Å². The van der Waals surface area contributed by atoms with Crippen LogP contribution >= 0.6 is 0 Å². The number of hydrogen-bond acceptors (Lipinski definition) is 2. The third-order valence-corrected chi connectivity index (χ3v) is 5.41. The molecule has 0 atom stereocenters. The molecule has 0 aromatic carbocycles. The van der Waals surface area contributed by atoms with E-state index in [0.717, 1.165) is 25.7 Å². The third kappa shape index (κ3) is 5.52. The number of rotatable bonds is 5. The Morgan fingerprint density at radius 3 is 1.78 bits per heavy atom. The smallest absolute Gasteiger partial charge is 0.400 e. The van der Waals surface area contributed by atoms with E-state index in [1.165, 1.54) is 11.0 Å². The van der Waals surface area contributed by atoms with Crippen molar-refractivity contribution in [3.8, 4) is 11.5 Å². The van der Waals surface area contributed by atoms with Crippen molar-refractivity contribution in [2.45, 2.75) is 98.1 Å². The van der Waals surface area contributed by atoms with Crippen molar-refractivity contribution in [1.29, 1.82) is 0 Å². The predicted octanol–water partition coefficient (Wildman–Crippen LogP) is 5.40. The maximum atomic E-state index is 6.30. The van der Waals surface area contributed by atoms with Crippen LogP contribution in [-0.2, 0) is 9.31 Å². The predicted molar refractivity (Wildman–Crippen MR) is 104 cm³/mol. The molecule has 0 radical (unpaired) electrons. The van der Waals surface area contributed by atoms with E-state index in [1.54, 1.807) is 0 Å². The van der Waals surface area contributed by atoms with Gasteiger partial charge in [-0.25, -0.2) is 0 Å². The summed E-state index contributed by atoms with van der Waals surface area (Å²) in [5, 5.41) is 0. The summed E-state index contributed by atoms with van der Waals surface area (Å²) in [6, 6.07) is 0. The van der Waals surface area contributed by atoms with E-state index >= 15 is 0 Å². The van der Waals surface area contributed by atoms with Crippen molar-refractivity contribution < 1.29 is 9.31 Å². The van der Waals surface area contributed by atoms with E-state index in [1.807, 2.05) is 0 Å². The summed E-state index contributed by atoms with van der Waals surface area (Å²) in [6.45, 7) is 19.7. The highest BCUT2D eigenvalue weighted by atomic mass is 28.3. The first-order chi connectivity index (χ1) is 10.4. The summed E-state index contributed by atoms with van der Waals surface area (Å²) in [5.41, 5.74) is 5.46. The number of hydrogen-bond donors (Lipinski definition) is 0. The highest BCUT2D eigenvalue weighted by molar-refractivity contribution is 6.83. The fourth-order valence-corrected chi connectivity index (χ4v) is 3.01. The van der Waals surface area contributed by atoms with Gasteiger partial charge in [-0.3, -0.25) is 0 Å². The summed E-state index contributed by atoms with van der Waals surface area (Å²) in [5.74, 6) is 3.51. The molecule has 0 aromatic rings. The molecule has 0 N–H and O–H groups in total. The molecule has 0 bridgehead atoms. The van der Waals surface area contributed by atoms with Crippen LogP contribution in [0.15, 0.2) is 11.0 Å². The van der Waals surface area contributed by atoms with Gasteiger partial charge in [-0.15, -0.1) is 5.54 Å². The van der Waals surface area contributed by atoms with Crippen LogP contribution < -0.4 is 0 Å². The van der Waals surface area contributed by atoms with E-state index in [2.05, 4.69) is 72.6 Å². The van der Waals surface area contributed by atoms with Gasteiger partial charge in [0.15, 0.2) is 0 Å². The van der Waals surface area contributed by atoms with Crippen molar-refractivity contribution in [1.82, 2.24) is 0 Å². The molecule has 0 spiro atoms. The zero-order valence-corrected chi connectivity index (χ0v) is 17.7. The average Bonchev–Trinajstić information content (AvgIpc) is 2.60. The van der Waals surface area contributed by atoms with Gasteiger partial charge in [-0.05, 0) is 51.6 Å². The minimum absolute atomic E-state index is 0.252. The standard InChI is InChI=1S/C19H35BO2Si/c1-10-12-16(14-15-23(7,8)9)17(13-11-2)20-21-18(3,4)19(5,6)22-20/h10-13H2,1-9H3/b17-16-. The Labute approximate surface area is 145 Å². The Hall–Kier alpha value is -0.498. The molecule has 2 nitrogen and oxygen atoms in total. The monoisotopic (exact) mass is 334 g/mol. The lowest BCUT2D eigenvalue weighted by atomic mass is 9.72. The molecule has 0 aliphatic carbocycles. The van der Waals surface area contributed by atoms with Crippen molar-refractivity contribution >= 4 is 15.2 Å². The first-order valence-electron chi connectivity index (χ1n) is 9.04. The first kappa shape index (κ1) is 20.5. The van der Waals surface area contributed by atoms with E-state index in [0.29, 0.717) is 0 Å². The van der Waals surface area contributed by atoms with Crippen LogP contribution in [0.5, 0.6) is 0 Å². The van der Waals surface area contributed by atoms with Crippen LogP contribution in [0, 0.1) is 11.5 Å². The van der Waals surface area contributed by atoms with Crippen LogP contribution in [0.1, 0.15) is 67.2 Å². The lowest BCUT2D eigenvalue weighted by molar-refractivity contribution is 0.00578. The molecular weight excluding hydrogens is 299 g/mol. The van der Waals surface area contributed by atoms with Gasteiger partial charge in [0.2, 0.25) is 0 Å². The van der Waals surface area contributed by atoms with E-state index in [4.69, 9.17) is 9.31 Å². The third-order valence-electron chi connectivity index (χ3n) is 4.53. The normalized spacial score (nSPS) is 20.8. The summed E-state index contributed by atoms with van der Waals surface area (Å²) < 4.78 is 12.6. The van der Waals surface area contributed by atoms with Crippen molar-refractivity contribution in [2.75, 3.05) is 0 Å². The zero-order valence-electron chi connectivity index (χ0n) is 16.7. The molecule has 1 heterocycles. The van der Waals surface area contributed by atoms with Crippen LogP contribution in [0.4, 0.5) is 0 Å². The van der Waals surface area contributed by atoms with Gasteiger partial charge in [0.25, 0.3) is 0 Å². The highest BCUT2D eigenvalue weighted by Crippen LogP contribution is 2.40. The van der Waals surface area contributed by atoms with E-state index in [-0.39, 0.29) is 18.3 Å². The second-order valence-electron chi connectivity index (χ2n) is 8.59. The van der Waals surface area contributed by atoms with Gasteiger partial charge >= 0.3 is 7.12 Å². The van der Waals surface area contributed by atoms with Gasteiger partial charge in [-0.2, -0.15) is 0 Å². The molecule has 130 valence electrons. The molecular formula is C19H35BO2Si. The van der Waals surface area contributed by atoms with Crippen molar-refractivity contribution in [2.24, 2.45) is 0 Å². The van der Waals surface area contributed by atoms with Gasteiger partial charge in [-0.1, -0.05) is 52.3 Å². The number of allylic oxidation sites excluding steroid dienone is 2. The fraction of sp³-hybridized carbons (Fsp3) is 0.789. The Balaban J connectivity index is 3.26. The van der Waals surface area contributed by atoms with Gasteiger partial charge in [0, 0.05) is 0 Å². The molecule has 1 rings (SSSR count). The van der Waals surface area contributed by atoms with Crippen molar-refractivity contribution in [3.05, 3.63) is 11.0 Å². The highest BCUT2D eigenvalue weighted by Gasteiger charge is 2.52. The molecule has 0 amide bonds. The maximum absolute atomic E-state index is 6.30. The Kier molecular flexibility index (Phi) is 6.78. The summed E-state index contributed by atoms with van der Waals surface area (Å²) >= 11 is 0. The van der Waals surface area contributed by atoms with Crippen LogP contribution in [0.2, 0.25) is 19.6 Å². The van der Waals surface area contributed by atoms with Gasteiger partial charge in [0.1, 0.15) is 8.07 Å². The Morgan fingerprint density at radius 2 is 1.39 bits per heavy atom. The van der Waals surface area contributed by atoms with Crippen molar-refractivity contribution in [3.63, 3.8) is 0 Å². The lowest BCUT2D eigenvalue weighted by Gasteiger charge is -2.32. The van der Waals surface area contributed by atoms with Gasteiger partial charge < -0.3 is 9.31 Å². The Morgan fingerprint density at radius 1 is 0.913 bits per heavy atom. The summed E-state index contributed by atoms with van der Waals surface area (Å²) in [7, 11) is -1.64. The molecule has 0 saturated carbocycles. The molecule has 0 aromatic heterocycles. The first-order valence-corrected chi connectivity index (χ1v) is 12.5. The SMILES string of the molecule is CCC/C(C#C[Si](C)(C)C)=C(\CCC)B1OC(C)(C)C(C)(C)O1. The molecule has 1 aliphatic rings. The largest absolute Gasteiger partial charge is 0.491 e. The average molecular weight is 334 g/mol. The quantitative estimate of drug-likeness (QED) is 0.495. The maximum Gasteiger partial charge on any atom is 0.491 e. The topological polar surface area (TPSA) is 18.5 Å². The summed E-state index contributed by atoms with van der Waals surface area (Å²) in [4.78, 5) is 0. The molecule has 4 heteroatoms. The lowest BCUT2D eigenvalue weighted by Crippen LogP contribution is -2.41. The minimum Gasteiger partial charge on any atom is -0.400 e. The summed E-state index contributed by atoms with van der Waals surface area (Å²) in [6.07, 6.45) is 4.19. The van der Waals surface area contributed by atoms with Crippen LogP contribution in [0.3, 0.4) is 0 Å². The molecule has 1 aliphatic heterocycles. The molecule has 0 unspecified atom stereocenters. The Bertz CT molecular complexity index is 488. The minimum atomic E-state index is -1.39. The fourth-order valence-electron chi connectivity index (χ4n) is 2.48. The molecule has 1 saturated heterocycles. The molecule has 23 heavy (non-hydrogen) atoms. The molecule has 1 fully saturated rings. The van der Waals surface area contributed by atoms with Crippen LogP contribution in [-0.4, -0.2) is 26.4 Å². The van der Waals surface area contributed by atoms with Gasteiger partial charge in [0.05, 0.1) is 11.2 Å². The van der Waals surface area contributed by atoms with Crippen LogP contribution in [0.25, 0.3) is 0 Å². The van der Waals surface area contributed by atoms with E-state index in [9.17, 15) is 0 Å².